The molecule has 3 rings (SSSR count). The molecule has 0 atom stereocenters. The standard InChI is InChI=1S/C24H28N2O4/c1-15(2)14-26-23(27)21(17-6-10-19(29-5)11-7-17)22(24(26)28)25-18-8-12-20(13-9-18)30-16(3)4/h6-13,15-16,25H,14H2,1-5H3. The molecule has 0 unspecified atom stereocenters. The zero-order chi connectivity index (χ0) is 21.8. The zero-order valence-corrected chi connectivity index (χ0v) is 18.1. The topological polar surface area (TPSA) is 67.9 Å². The Morgan fingerprint density at radius 2 is 1.47 bits per heavy atom. The number of benzene rings is 2. The number of carbonyl (C=O) groups is 2. The number of imide groups is 1. The second-order valence-electron chi connectivity index (χ2n) is 7.91. The van der Waals surface area contributed by atoms with Crippen molar-refractivity contribution in [3.8, 4) is 11.5 Å². The number of methoxy groups -OCH3 is 1. The molecule has 1 heterocycles. The van der Waals surface area contributed by atoms with Crippen LogP contribution in [0.3, 0.4) is 0 Å². The number of hydrogen-bond acceptors (Lipinski definition) is 5. The van der Waals surface area contributed by atoms with E-state index in [4.69, 9.17) is 9.47 Å². The summed E-state index contributed by atoms with van der Waals surface area (Å²) in [4.78, 5) is 27.6. The van der Waals surface area contributed by atoms with Crippen molar-refractivity contribution in [3.63, 3.8) is 0 Å². The Balaban J connectivity index is 1.96. The smallest absolute Gasteiger partial charge is 0.278 e. The van der Waals surface area contributed by atoms with Crippen molar-refractivity contribution < 1.29 is 19.1 Å². The number of anilines is 1. The van der Waals surface area contributed by atoms with Crippen LogP contribution in [0.25, 0.3) is 5.57 Å². The van der Waals surface area contributed by atoms with Crippen LogP contribution in [-0.4, -0.2) is 36.5 Å². The van der Waals surface area contributed by atoms with Crippen LogP contribution in [0.5, 0.6) is 11.5 Å². The van der Waals surface area contributed by atoms with Crippen molar-refractivity contribution in [2.45, 2.75) is 33.8 Å². The van der Waals surface area contributed by atoms with Crippen molar-refractivity contribution in [3.05, 3.63) is 59.8 Å². The fraction of sp³-hybridized carbons (Fsp3) is 0.333. The average molecular weight is 408 g/mol. The van der Waals surface area contributed by atoms with Crippen LogP contribution in [0.2, 0.25) is 0 Å². The molecule has 1 aliphatic heterocycles. The van der Waals surface area contributed by atoms with Gasteiger partial charge in [0.1, 0.15) is 17.2 Å². The quantitative estimate of drug-likeness (QED) is 0.659. The molecule has 0 aliphatic carbocycles. The van der Waals surface area contributed by atoms with Crippen molar-refractivity contribution in [2.75, 3.05) is 19.0 Å². The van der Waals surface area contributed by atoms with Gasteiger partial charge in [0.15, 0.2) is 0 Å². The van der Waals surface area contributed by atoms with E-state index in [9.17, 15) is 9.59 Å². The molecule has 158 valence electrons. The van der Waals surface area contributed by atoms with E-state index >= 15 is 0 Å². The summed E-state index contributed by atoms with van der Waals surface area (Å²) in [5.74, 6) is 0.991. The lowest BCUT2D eigenvalue weighted by molar-refractivity contribution is -0.137. The predicted octanol–water partition coefficient (Wildman–Crippen LogP) is 4.33. The fourth-order valence-electron chi connectivity index (χ4n) is 3.28. The molecule has 30 heavy (non-hydrogen) atoms. The second kappa shape index (κ2) is 9.03. The van der Waals surface area contributed by atoms with Gasteiger partial charge in [-0.2, -0.15) is 0 Å². The first-order valence-corrected chi connectivity index (χ1v) is 10.1. The van der Waals surface area contributed by atoms with Gasteiger partial charge in [-0.25, -0.2) is 0 Å². The molecule has 0 aromatic heterocycles. The van der Waals surface area contributed by atoms with E-state index in [-0.39, 0.29) is 29.5 Å². The van der Waals surface area contributed by atoms with Crippen molar-refractivity contribution in [2.24, 2.45) is 5.92 Å². The van der Waals surface area contributed by atoms with Gasteiger partial charge in [-0.05, 0) is 61.7 Å². The van der Waals surface area contributed by atoms with Crippen molar-refractivity contribution in [1.82, 2.24) is 4.90 Å². The first-order chi connectivity index (χ1) is 14.3. The molecule has 1 aliphatic rings. The lowest BCUT2D eigenvalue weighted by Crippen LogP contribution is -2.35. The molecule has 0 saturated carbocycles. The SMILES string of the molecule is COc1ccc(C2=C(Nc3ccc(OC(C)C)cc3)C(=O)N(CC(C)C)C2=O)cc1. The van der Waals surface area contributed by atoms with Crippen LogP contribution in [0.4, 0.5) is 5.69 Å². The number of amides is 2. The lowest BCUT2D eigenvalue weighted by atomic mass is 10.0. The third-order valence-corrected chi connectivity index (χ3v) is 4.59. The molecule has 6 nitrogen and oxygen atoms in total. The Labute approximate surface area is 177 Å². The Kier molecular flexibility index (Phi) is 6.45. The van der Waals surface area contributed by atoms with Gasteiger partial charge in [0.05, 0.1) is 18.8 Å². The van der Waals surface area contributed by atoms with E-state index in [1.165, 1.54) is 4.90 Å². The summed E-state index contributed by atoms with van der Waals surface area (Å²) >= 11 is 0. The van der Waals surface area contributed by atoms with E-state index in [0.717, 1.165) is 5.75 Å². The molecule has 0 saturated heterocycles. The van der Waals surface area contributed by atoms with Gasteiger partial charge < -0.3 is 14.8 Å². The molecule has 0 bridgehead atoms. The summed E-state index contributed by atoms with van der Waals surface area (Å²) in [5.41, 5.74) is 2.02. The number of carbonyl (C=O) groups excluding carboxylic acids is 2. The van der Waals surface area contributed by atoms with Gasteiger partial charge in [0.2, 0.25) is 0 Å². The number of rotatable bonds is 8. The van der Waals surface area contributed by atoms with Gasteiger partial charge in [-0.1, -0.05) is 26.0 Å². The van der Waals surface area contributed by atoms with E-state index < -0.39 is 0 Å². The van der Waals surface area contributed by atoms with Crippen LogP contribution < -0.4 is 14.8 Å². The first-order valence-electron chi connectivity index (χ1n) is 10.1. The molecule has 2 aromatic rings. The number of ether oxygens (including phenoxy) is 2. The van der Waals surface area contributed by atoms with E-state index in [1.54, 1.807) is 31.4 Å². The maximum Gasteiger partial charge on any atom is 0.278 e. The Bertz CT molecular complexity index is 944. The minimum absolute atomic E-state index is 0.0758. The van der Waals surface area contributed by atoms with Gasteiger partial charge in [-0.15, -0.1) is 0 Å². The third kappa shape index (κ3) is 4.64. The summed E-state index contributed by atoms with van der Waals surface area (Å²) in [5, 5.41) is 3.16. The average Bonchev–Trinajstić information content (AvgIpc) is 2.93. The fourth-order valence-corrected chi connectivity index (χ4v) is 3.28. The van der Waals surface area contributed by atoms with E-state index in [0.29, 0.717) is 29.1 Å². The molecule has 0 fully saturated rings. The summed E-state index contributed by atoms with van der Waals surface area (Å²) in [7, 11) is 1.59. The van der Waals surface area contributed by atoms with Crippen LogP contribution in [0.1, 0.15) is 33.3 Å². The van der Waals surface area contributed by atoms with Gasteiger partial charge in [-0.3, -0.25) is 14.5 Å². The van der Waals surface area contributed by atoms with Crippen LogP contribution in [0.15, 0.2) is 54.2 Å². The second-order valence-corrected chi connectivity index (χ2v) is 7.91. The van der Waals surface area contributed by atoms with E-state index in [2.05, 4.69) is 5.32 Å². The molecule has 6 heteroatoms. The molecular formula is C24H28N2O4. The monoisotopic (exact) mass is 408 g/mol. The molecule has 1 N–H and O–H groups in total. The Morgan fingerprint density at radius 1 is 0.867 bits per heavy atom. The van der Waals surface area contributed by atoms with Gasteiger partial charge >= 0.3 is 0 Å². The van der Waals surface area contributed by atoms with Crippen LogP contribution in [0, 0.1) is 5.92 Å². The van der Waals surface area contributed by atoms with Gasteiger partial charge in [0.25, 0.3) is 11.8 Å². The van der Waals surface area contributed by atoms with Crippen molar-refractivity contribution >= 4 is 23.1 Å². The highest BCUT2D eigenvalue weighted by atomic mass is 16.5. The summed E-state index contributed by atoms with van der Waals surface area (Å²) in [6.45, 7) is 8.25. The molecule has 0 spiro atoms. The third-order valence-electron chi connectivity index (χ3n) is 4.59. The predicted molar refractivity (Wildman–Crippen MR) is 117 cm³/mol. The normalized spacial score (nSPS) is 14.2. The molecule has 0 radical (unpaired) electrons. The van der Waals surface area contributed by atoms with Crippen LogP contribution in [-0.2, 0) is 9.59 Å². The number of nitrogens with one attached hydrogen (secondary N) is 1. The largest absolute Gasteiger partial charge is 0.497 e. The number of hydrogen-bond donors (Lipinski definition) is 1. The molecule has 2 amide bonds. The highest BCUT2D eigenvalue weighted by molar-refractivity contribution is 6.36. The maximum atomic E-state index is 13.1. The Hall–Kier alpha value is -3.28. The lowest BCUT2D eigenvalue weighted by Gasteiger charge is -2.17. The zero-order valence-electron chi connectivity index (χ0n) is 18.1. The van der Waals surface area contributed by atoms with Crippen LogP contribution >= 0.6 is 0 Å². The minimum Gasteiger partial charge on any atom is -0.497 e. The minimum atomic E-state index is -0.318. The van der Waals surface area contributed by atoms with Crippen molar-refractivity contribution in [1.29, 1.82) is 0 Å². The van der Waals surface area contributed by atoms with Gasteiger partial charge in [0, 0.05) is 12.2 Å². The maximum absolute atomic E-state index is 13.1. The summed E-state index contributed by atoms with van der Waals surface area (Å²) in [6, 6.07) is 14.5. The molecule has 2 aromatic carbocycles. The first kappa shape index (κ1) is 21.4. The summed E-state index contributed by atoms with van der Waals surface area (Å²) in [6.07, 6.45) is 0.0758. The number of nitrogens with zero attached hydrogens (tertiary/aromatic N) is 1. The molecular weight excluding hydrogens is 380 g/mol. The summed E-state index contributed by atoms with van der Waals surface area (Å²) < 4.78 is 10.9. The highest BCUT2D eigenvalue weighted by Crippen LogP contribution is 2.32. The Morgan fingerprint density at radius 3 is 2.00 bits per heavy atom. The highest BCUT2D eigenvalue weighted by Gasteiger charge is 2.39. The van der Waals surface area contributed by atoms with E-state index in [1.807, 2.05) is 52.0 Å².